The van der Waals surface area contributed by atoms with Crippen molar-refractivity contribution in [3.8, 4) is 17.3 Å². The molecular weight excluding hydrogens is 339 g/mol. The Morgan fingerprint density at radius 3 is 2.37 bits per heavy atom. The molecule has 3 heterocycles. The molecule has 0 radical (unpaired) electrons. The summed E-state index contributed by atoms with van der Waals surface area (Å²) in [7, 11) is 1.34. The van der Waals surface area contributed by atoms with Crippen LogP contribution in [0.4, 0.5) is 0 Å². The van der Waals surface area contributed by atoms with Gasteiger partial charge in [0.1, 0.15) is 6.07 Å². The fraction of sp³-hybridized carbons (Fsp3) is 0.350. The Bertz CT molecular complexity index is 1070. The topological polar surface area (TPSA) is 73.0 Å². The third-order valence-electron chi connectivity index (χ3n) is 5.57. The van der Waals surface area contributed by atoms with Crippen molar-refractivity contribution in [1.82, 2.24) is 14.8 Å². The van der Waals surface area contributed by atoms with Crippen molar-refractivity contribution in [3.63, 3.8) is 0 Å². The monoisotopic (exact) mass is 360 g/mol. The van der Waals surface area contributed by atoms with E-state index in [-0.39, 0.29) is 0 Å². The highest BCUT2D eigenvalue weighted by molar-refractivity contribution is 6.65. The van der Waals surface area contributed by atoms with Gasteiger partial charge in [0.25, 0.3) is 0 Å². The smallest absolute Gasteiger partial charge is 0.399 e. The molecule has 7 heteroatoms. The molecule has 4 rings (SSSR count). The van der Waals surface area contributed by atoms with Gasteiger partial charge in [-0.05, 0) is 33.2 Å². The fourth-order valence-electron chi connectivity index (χ4n) is 3.32. The number of nitrogens with zero attached hydrogens (tertiary/aromatic N) is 4. The second-order valence-electron chi connectivity index (χ2n) is 7.89. The first-order valence-electron chi connectivity index (χ1n) is 8.90. The molecule has 1 aliphatic heterocycles. The highest BCUT2D eigenvalue weighted by atomic mass is 16.7. The van der Waals surface area contributed by atoms with Crippen molar-refractivity contribution >= 4 is 23.4 Å². The summed E-state index contributed by atoms with van der Waals surface area (Å²) < 4.78 is 14.1. The molecule has 1 saturated heterocycles. The third kappa shape index (κ3) is 2.73. The molecule has 1 aliphatic rings. The molecule has 3 aromatic rings. The maximum atomic E-state index is 9.83. The van der Waals surface area contributed by atoms with E-state index in [2.05, 4.69) is 16.2 Å². The number of fused-ring (bicyclic) bond motifs is 1. The van der Waals surface area contributed by atoms with Gasteiger partial charge in [0.15, 0.2) is 0 Å². The number of hydrogen-bond donors (Lipinski definition) is 0. The van der Waals surface area contributed by atoms with Crippen LogP contribution in [0.5, 0.6) is 0 Å². The van der Waals surface area contributed by atoms with Crippen LogP contribution >= 0.6 is 0 Å². The second-order valence-corrected chi connectivity index (χ2v) is 7.89. The summed E-state index contributed by atoms with van der Waals surface area (Å²) in [5, 5.41) is 15.7. The van der Waals surface area contributed by atoms with Gasteiger partial charge in [-0.2, -0.15) is 10.4 Å². The van der Waals surface area contributed by atoms with Crippen molar-refractivity contribution in [3.05, 3.63) is 42.4 Å². The van der Waals surface area contributed by atoms with Crippen LogP contribution in [0.15, 0.2) is 36.8 Å². The molecule has 0 aliphatic carbocycles. The average Bonchev–Trinajstić information content (AvgIpc) is 3.13. The van der Waals surface area contributed by atoms with Gasteiger partial charge in [0.2, 0.25) is 0 Å². The molecule has 1 fully saturated rings. The summed E-state index contributed by atoms with van der Waals surface area (Å²) >= 11 is 0. The lowest BCUT2D eigenvalue weighted by molar-refractivity contribution is 0.00578. The lowest BCUT2D eigenvalue weighted by atomic mass is 9.76. The SMILES string of the molecule is Cn1cc(-c2ncc3c(B4OC(C)(C)C(C)(C)O4)cccc3c2C#N)cn1. The highest BCUT2D eigenvalue weighted by Crippen LogP contribution is 2.37. The molecule has 0 atom stereocenters. The molecule has 0 spiro atoms. The number of nitriles is 1. The van der Waals surface area contributed by atoms with Gasteiger partial charge in [-0.15, -0.1) is 0 Å². The summed E-state index contributed by atoms with van der Waals surface area (Å²) in [6, 6.07) is 8.15. The molecule has 0 unspecified atom stereocenters. The van der Waals surface area contributed by atoms with Crippen LogP contribution < -0.4 is 5.46 Å². The van der Waals surface area contributed by atoms with Crippen LogP contribution in [0.3, 0.4) is 0 Å². The third-order valence-corrected chi connectivity index (χ3v) is 5.57. The van der Waals surface area contributed by atoms with Crippen molar-refractivity contribution < 1.29 is 9.31 Å². The zero-order valence-corrected chi connectivity index (χ0v) is 16.1. The average molecular weight is 360 g/mol. The molecule has 0 amide bonds. The van der Waals surface area contributed by atoms with E-state index < -0.39 is 18.3 Å². The van der Waals surface area contributed by atoms with Gasteiger partial charge >= 0.3 is 7.12 Å². The van der Waals surface area contributed by atoms with Crippen molar-refractivity contribution in [2.24, 2.45) is 7.05 Å². The number of pyridine rings is 1. The maximum Gasteiger partial charge on any atom is 0.495 e. The first kappa shape index (κ1) is 17.7. The Balaban J connectivity index is 1.88. The summed E-state index contributed by atoms with van der Waals surface area (Å²) in [6.07, 6.45) is 5.36. The molecule has 2 aromatic heterocycles. The van der Waals surface area contributed by atoms with Gasteiger partial charge < -0.3 is 9.31 Å². The molecule has 27 heavy (non-hydrogen) atoms. The fourth-order valence-corrected chi connectivity index (χ4v) is 3.32. The lowest BCUT2D eigenvalue weighted by Gasteiger charge is -2.32. The number of aromatic nitrogens is 3. The Hall–Kier alpha value is -2.69. The number of aryl methyl sites for hydroxylation is 1. The highest BCUT2D eigenvalue weighted by Gasteiger charge is 2.52. The van der Waals surface area contributed by atoms with Crippen LogP contribution in [0.2, 0.25) is 0 Å². The number of rotatable bonds is 2. The van der Waals surface area contributed by atoms with Crippen LogP contribution in [0, 0.1) is 11.3 Å². The van der Waals surface area contributed by atoms with Crippen molar-refractivity contribution in [2.75, 3.05) is 0 Å². The van der Waals surface area contributed by atoms with Gasteiger partial charge in [-0.1, -0.05) is 18.2 Å². The van der Waals surface area contributed by atoms with Gasteiger partial charge in [0.05, 0.1) is 28.7 Å². The van der Waals surface area contributed by atoms with Crippen LogP contribution in [0.1, 0.15) is 33.3 Å². The van der Waals surface area contributed by atoms with Crippen LogP contribution in [-0.4, -0.2) is 33.1 Å². The second kappa shape index (κ2) is 5.91. The maximum absolute atomic E-state index is 9.83. The van der Waals surface area contributed by atoms with E-state index >= 15 is 0 Å². The Kier molecular flexibility index (Phi) is 3.88. The summed E-state index contributed by atoms with van der Waals surface area (Å²) in [5.41, 5.74) is 2.00. The predicted molar refractivity (Wildman–Crippen MR) is 104 cm³/mol. The lowest BCUT2D eigenvalue weighted by Crippen LogP contribution is -2.41. The molecule has 1 aromatic carbocycles. The predicted octanol–water partition coefficient (Wildman–Crippen LogP) is 2.81. The van der Waals surface area contributed by atoms with E-state index in [1.54, 1.807) is 17.1 Å². The standard InChI is InChI=1S/C20H21BN4O2/c1-19(2)20(3,4)27-21(26-19)17-8-6-7-14-15(9-22)18(23-11-16(14)17)13-10-24-25(5)12-13/h6-8,10-12H,1-5H3. The normalized spacial score (nSPS) is 18.0. The number of benzene rings is 1. The zero-order chi connectivity index (χ0) is 19.4. The number of hydrogen-bond acceptors (Lipinski definition) is 5. The van der Waals surface area contributed by atoms with Gasteiger partial charge in [0, 0.05) is 35.8 Å². The van der Waals surface area contributed by atoms with E-state index in [1.807, 2.05) is 59.1 Å². The summed E-state index contributed by atoms with van der Waals surface area (Å²) in [4.78, 5) is 4.58. The van der Waals surface area contributed by atoms with E-state index in [1.165, 1.54) is 0 Å². The molecular formula is C20H21BN4O2. The summed E-state index contributed by atoms with van der Waals surface area (Å²) in [6.45, 7) is 8.10. The van der Waals surface area contributed by atoms with Gasteiger partial charge in [-0.3, -0.25) is 9.67 Å². The molecule has 0 bridgehead atoms. The quantitative estimate of drug-likeness (QED) is 0.657. The van der Waals surface area contributed by atoms with Crippen molar-refractivity contribution in [1.29, 1.82) is 5.26 Å². The molecule has 6 nitrogen and oxygen atoms in total. The van der Waals surface area contributed by atoms with Crippen molar-refractivity contribution in [2.45, 2.75) is 38.9 Å². The van der Waals surface area contributed by atoms with E-state index in [4.69, 9.17) is 9.31 Å². The Labute approximate surface area is 158 Å². The van der Waals surface area contributed by atoms with Gasteiger partial charge in [-0.25, -0.2) is 0 Å². The Morgan fingerprint density at radius 2 is 1.78 bits per heavy atom. The first-order valence-corrected chi connectivity index (χ1v) is 8.90. The Morgan fingerprint density at radius 1 is 1.07 bits per heavy atom. The summed E-state index contributed by atoms with van der Waals surface area (Å²) in [5.74, 6) is 0. The molecule has 0 N–H and O–H groups in total. The van der Waals surface area contributed by atoms with Crippen LogP contribution in [-0.2, 0) is 16.4 Å². The van der Waals surface area contributed by atoms with E-state index in [0.717, 1.165) is 21.8 Å². The van der Waals surface area contributed by atoms with E-state index in [0.29, 0.717) is 11.3 Å². The minimum atomic E-state index is -0.503. The molecule has 136 valence electrons. The largest absolute Gasteiger partial charge is 0.495 e. The van der Waals surface area contributed by atoms with E-state index in [9.17, 15) is 5.26 Å². The zero-order valence-electron chi connectivity index (χ0n) is 16.1. The minimum Gasteiger partial charge on any atom is -0.399 e. The molecule has 0 saturated carbocycles. The van der Waals surface area contributed by atoms with Crippen LogP contribution in [0.25, 0.3) is 22.0 Å². The first-order chi connectivity index (χ1) is 12.7. The minimum absolute atomic E-state index is 0.430.